The smallest absolute Gasteiger partial charge is 0.00768 e. The molecule has 0 amide bonds. The van der Waals surface area contributed by atoms with E-state index in [1.807, 2.05) is 0 Å². The SMILES string of the molecule is CCNCC(CS)CNCCNCC(CN)CS. The summed E-state index contributed by atoms with van der Waals surface area (Å²) in [7, 11) is 0. The lowest BCUT2D eigenvalue weighted by Crippen LogP contribution is -2.37. The average molecular weight is 295 g/mol. The molecule has 110 valence electrons. The minimum atomic E-state index is 0.479. The molecule has 0 saturated carbocycles. The summed E-state index contributed by atoms with van der Waals surface area (Å²) < 4.78 is 0. The van der Waals surface area contributed by atoms with Gasteiger partial charge in [-0.05, 0) is 56.1 Å². The van der Waals surface area contributed by atoms with Crippen LogP contribution in [0.25, 0.3) is 0 Å². The molecular formula is C12H30N4S2. The number of rotatable bonds is 13. The van der Waals surface area contributed by atoms with Crippen molar-refractivity contribution in [2.24, 2.45) is 17.6 Å². The Hall–Kier alpha value is 0.540. The van der Waals surface area contributed by atoms with Gasteiger partial charge in [-0.2, -0.15) is 25.3 Å². The zero-order chi connectivity index (χ0) is 13.6. The Morgan fingerprint density at radius 1 is 0.889 bits per heavy atom. The van der Waals surface area contributed by atoms with Crippen molar-refractivity contribution in [3.05, 3.63) is 0 Å². The minimum absolute atomic E-state index is 0.479. The first-order chi connectivity index (χ1) is 8.78. The van der Waals surface area contributed by atoms with Crippen LogP contribution in [0.1, 0.15) is 6.92 Å². The third-order valence-electron chi connectivity index (χ3n) is 2.88. The van der Waals surface area contributed by atoms with Gasteiger partial charge in [0, 0.05) is 13.1 Å². The highest BCUT2D eigenvalue weighted by Crippen LogP contribution is 1.96. The van der Waals surface area contributed by atoms with Crippen molar-refractivity contribution in [3.63, 3.8) is 0 Å². The molecule has 0 aliphatic carbocycles. The van der Waals surface area contributed by atoms with E-state index in [4.69, 9.17) is 5.73 Å². The Kier molecular flexibility index (Phi) is 14.4. The quantitative estimate of drug-likeness (QED) is 0.211. The highest BCUT2D eigenvalue weighted by Gasteiger charge is 2.05. The van der Waals surface area contributed by atoms with E-state index in [2.05, 4.69) is 48.1 Å². The monoisotopic (exact) mass is 294 g/mol. The van der Waals surface area contributed by atoms with Gasteiger partial charge in [-0.1, -0.05) is 6.92 Å². The predicted octanol–water partition coefficient (Wildman–Crippen LogP) is -0.174. The third-order valence-corrected chi connectivity index (χ3v) is 3.91. The fourth-order valence-electron chi connectivity index (χ4n) is 1.56. The lowest BCUT2D eigenvalue weighted by molar-refractivity contribution is 0.471. The number of thiol groups is 2. The Bertz CT molecular complexity index is 168. The molecule has 0 bridgehead atoms. The molecule has 0 saturated heterocycles. The van der Waals surface area contributed by atoms with Crippen LogP contribution in [-0.4, -0.2) is 57.3 Å². The van der Waals surface area contributed by atoms with Crippen molar-refractivity contribution in [2.75, 3.05) is 57.3 Å². The molecule has 5 N–H and O–H groups in total. The number of hydrogen-bond donors (Lipinski definition) is 6. The van der Waals surface area contributed by atoms with Crippen LogP contribution in [0.15, 0.2) is 0 Å². The Morgan fingerprint density at radius 2 is 1.39 bits per heavy atom. The van der Waals surface area contributed by atoms with Gasteiger partial charge in [0.05, 0.1) is 0 Å². The van der Waals surface area contributed by atoms with Gasteiger partial charge in [0.15, 0.2) is 0 Å². The second-order valence-electron chi connectivity index (χ2n) is 4.55. The number of hydrogen-bond acceptors (Lipinski definition) is 6. The van der Waals surface area contributed by atoms with Gasteiger partial charge in [0.2, 0.25) is 0 Å². The van der Waals surface area contributed by atoms with E-state index < -0.39 is 0 Å². The van der Waals surface area contributed by atoms with Crippen LogP contribution in [0.2, 0.25) is 0 Å². The van der Waals surface area contributed by atoms with Gasteiger partial charge in [-0.15, -0.1) is 0 Å². The largest absolute Gasteiger partial charge is 0.330 e. The Balaban J connectivity index is 3.37. The van der Waals surface area contributed by atoms with Crippen molar-refractivity contribution in [1.29, 1.82) is 0 Å². The van der Waals surface area contributed by atoms with E-state index in [9.17, 15) is 0 Å². The molecule has 2 unspecified atom stereocenters. The first kappa shape index (κ1) is 18.5. The molecule has 0 aromatic heterocycles. The van der Waals surface area contributed by atoms with Crippen LogP contribution in [0.3, 0.4) is 0 Å². The van der Waals surface area contributed by atoms with Gasteiger partial charge in [0.25, 0.3) is 0 Å². The fraction of sp³-hybridized carbons (Fsp3) is 1.00. The van der Waals surface area contributed by atoms with Gasteiger partial charge in [-0.3, -0.25) is 0 Å². The summed E-state index contributed by atoms with van der Waals surface area (Å²) >= 11 is 8.63. The molecular weight excluding hydrogens is 264 g/mol. The fourth-order valence-corrected chi connectivity index (χ4v) is 2.10. The topological polar surface area (TPSA) is 62.1 Å². The van der Waals surface area contributed by atoms with Gasteiger partial charge in [-0.25, -0.2) is 0 Å². The second kappa shape index (κ2) is 14.0. The van der Waals surface area contributed by atoms with Crippen molar-refractivity contribution in [3.8, 4) is 0 Å². The molecule has 0 radical (unpaired) electrons. The summed E-state index contributed by atoms with van der Waals surface area (Å²) in [5, 5.41) is 10.2. The molecule has 0 aliphatic heterocycles. The molecule has 2 atom stereocenters. The average Bonchev–Trinajstić information content (AvgIpc) is 2.41. The van der Waals surface area contributed by atoms with Gasteiger partial charge >= 0.3 is 0 Å². The van der Waals surface area contributed by atoms with Crippen molar-refractivity contribution in [1.82, 2.24) is 16.0 Å². The van der Waals surface area contributed by atoms with Gasteiger partial charge in [0.1, 0.15) is 0 Å². The number of nitrogens with one attached hydrogen (secondary N) is 3. The van der Waals surface area contributed by atoms with Crippen molar-refractivity contribution < 1.29 is 0 Å². The van der Waals surface area contributed by atoms with E-state index in [1.165, 1.54) is 0 Å². The summed E-state index contributed by atoms with van der Waals surface area (Å²) in [5.74, 6) is 2.85. The van der Waals surface area contributed by atoms with Gasteiger partial charge < -0.3 is 21.7 Å². The summed E-state index contributed by atoms with van der Waals surface area (Å²) in [4.78, 5) is 0. The lowest BCUT2D eigenvalue weighted by atomic mass is 10.2. The first-order valence-corrected chi connectivity index (χ1v) is 8.08. The van der Waals surface area contributed by atoms with Crippen molar-refractivity contribution in [2.45, 2.75) is 6.92 Å². The normalized spacial score (nSPS) is 14.7. The summed E-state index contributed by atoms with van der Waals surface area (Å²) in [6, 6.07) is 0. The van der Waals surface area contributed by atoms with E-state index >= 15 is 0 Å². The standard InChI is InChI=1S/C12H30N4S2/c1-2-14-7-12(10-18)8-16-4-3-15-6-11(5-13)9-17/h11-12,14-18H,2-10,13H2,1H3. The van der Waals surface area contributed by atoms with Crippen LogP contribution in [0.5, 0.6) is 0 Å². The maximum absolute atomic E-state index is 5.61. The molecule has 0 aromatic rings. The molecule has 6 heteroatoms. The molecule has 0 rings (SSSR count). The molecule has 0 heterocycles. The second-order valence-corrected chi connectivity index (χ2v) is 5.28. The summed E-state index contributed by atoms with van der Waals surface area (Å²) in [5.41, 5.74) is 5.61. The van der Waals surface area contributed by atoms with E-state index in [0.29, 0.717) is 18.4 Å². The highest BCUT2D eigenvalue weighted by atomic mass is 32.1. The lowest BCUT2D eigenvalue weighted by Gasteiger charge is -2.16. The Labute approximate surface area is 123 Å². The maximum atomic E-state index is 5.61. The van der Waals surface area contributed by atoms with Crippen LogP contribution < -0.4 is 21.7 Å². The van der Waals surface area contributed by atoms with Crippen molar-refractivity contribution >= 4 is 25.3 Å². The molecule has 0 spiro atoms. The van der Waals surface area contributed by atoms with E-state index in [0.717, 1.165) is 50.8 Å². The first-order valence-electron chi connectivity index (χ1n) is 6.82. The maximum Gasteiger partial charge on any atom is 0.00768 e. The Morgan fingerprint density at radius 3 is 1.83 bits per heavy atom. The van der Waals surface area contributed by atoms with Crippen LogP contribution in [-0.2, 0) is 0 Å². The molecule has 18 heavy (non-hydrogen) atoms. The highest BCUT2D eigenvalue weighted by molar-refractivity contribution is 7.80. The predicted molar refractivity (Wildman–Crippen MR) is 88.0 cm³/mol. The van der Waals surface area contributed by atoms with Crippen LogP contribution >= 0.6 is 25.3 Å². The van der Waals surface area contributed by atoms with Crippen LogP contribution in [0.4, 0.5) is 0 Å². The third kappa shape index (κ3) is 10.5. The molecule has 0 aliphatic rings. The van der Waals surface area contributed by atoms with E-state index in [-0.39, 0.29) is 0 Å². The summed E-state index contributed by atoms with van der Waals surface area (Å²) in [6.07, 6.45) is 0. The minimum Gasteiger partial charge on any atom is -0.330 e. The zero-order valence-corrected chi connectivity index (χ0v) is 13.3. The van der Waals surface area contributed by atoms with E-state index in [1.54, 1.807) is 0 Å². The zero-order valence-electron chi connectivity index (χ0n) is 11.5. The summed E-state index contributed by atoms with van der Waals surface area (Å²) in [6.45, 7) is 8.83. The molecule has 0 aromatic carbocycles. The number of nitrogens with two attached hydrogens (primary N) is 1. The van der Waals surface area contributed by atoms with Crippen LogP contribution in [0, 0.1) is 11.8 Å². The molecule has 0 fully saturated rings. The molecule has 4 nitrogen and oxygen atoms in total.